The van der Waals surface area contributed by atoms with Crippen LogP contribution in [0.2, 0.25) is 5.02 Å². The van der Waals surface area contributed by atoms with E-state index in [4.69, 9.17) is 11.6 Å². The van der Waals surface area contributed by atoms with Gasteiger partial charge in [0.15, 0.2) is 0 Å². The molecular weight excluding hydrogens is 346 g/mol. The third-order valence-electron chi connectivity index (χ3n) is 3.26. The summed E-state index contributed by atoms with van der Waals surface area (Å²) in [6.45, 7) is 1.25. The third kappa shape index (κ3) is 5.69. The van der Waals surface area contributed by atoms with Crippen LogP contribution < -0.4 is 10.1 Å². The number of nitrogens with one attached hydrogen (secondary N) is 1. The molecule has 0 saturated heterocycles. The monoisotopic (exact) mass is 361 g/mol. The molecule has 0 heterocycles. The topological polar surface area (TPSA) is 21.3 Å². The maximum atomic E-state index is 12.8. The highest BCUT2D eigenvalue weighted by atomic mass is 35.5. The Morgan fingerprint density at radius 3 is 2.12 bits per heavy atom. The van der Waals surface area contributed by atoms with E-state index in [2.05, 4.69) is 10.1 Å². The summed E-state index contributed by atoms with van der Waals surface area (Å²) in [6.07, 6.45) is -7.54. The zero-order valence-electron chi connectivity index (χ0n) is 12.6. The molecule has 0 radical (unpaired) electrons. The first-order chi connectivity index (χ1) is 11.4. The normalized spacial score (nSPS) is 11.8. The van der Waals surface area contributed by atoms with Gasteiger partial charge in [0.25, 0.3) is 0 Å². The quantitative estimate of drug-likeness (QED) is 0.533. The maximum absolute atomic E-state index is 12.8. The predicted molar refractivity (Wildman–Crippen MR) is 84.9 cm³/mol. The molecule has 0 aliphatic carbocycles. The van der Waals surface area contributed by atoms with Crippen molar-refractivity contribution >= 4 is 11.6 Å². The first-order valence-corrected chi connectivity index (χ1v) is 7.64. The van der Waals surface area contributed by atoms with Crippen LogP contribution >= 0.6 is 11.6 Å². The minimum atomic E-state index is -4.49. The summed E-state index contributed by atoms with van der Waals surface area (Å²) in [5.41, 5.74) is 1.98. The summed E-state index contributed by atoms with van der Waals surface area (Å²) in [5.74, 6) is -0.301. The molecule has 0 bridgehead atoms. The molecule has 0 aliphatic rings. The van der Waals surface area contributed by atoms with Gasteiger partial charge in [-0.25, -0.2) is 0 Å². The number of benzene rings is 2. The molecule has 0 aromatic heterocycles. The molecule has 130 valence electrons. The Balaban J connectivity index is 1.76. The largest absolute Gasteiger partial charge is 0.461 e. The number of hydrogen-bond donors (Lipinski definition) is 1. The molecule has 2 nitrogen and oxygen atoms in total. The van der Waals surface area contributed by atoms with Crippen molar-refractivity contribution in [3.63, 3.8) is 0 Å². The van der Waals surface area contributed by atoms with Crippen LogP contribution in [0.5, 0.6) is 5.75 Å². The second kappa shape index (κ2) is 8.35. The van der Waals surface area contributed by atoms with E-state index in [1.54, 1.807) is 12.1 Å². The Hall–Kier alpha value is -1.79. The Bertz CT molecular complexity index is 632. The van der Waals surface area contributed by atoms with Gasteiger partial charge in [-0.15, -0.1) is 0 Å². The molecule has 0 spiro atoms. The van der Waals surface area contributed by atoms with Crippen molar-refractivity contribution in [2.24, 2.45) is 0 Å². The van der Waals surface area contributed by atoms with Crippen LogP contribution in [0, 0.1) is 0 Å². The number of rotatable bonds is 8. The van der Waals surface area contributed by atoms with E-state index in [0.29, 0.717) is 11.6 Å². The zero-order valence-corrected chi connectivity index (χ0v) is 13.4. The van der Waals surface area contributed by atoms with Gasteiger partial charge in [0, 0.05) is 11.6 Å². The van der Waals surface area contributed by atoms with Gasteiger partial charge in [-0.2, -0.15) is 17.6 Å². The molecule has 0 saturated carbocycles. The van der Waals surface area contributed by atoms with E-state index in [0.717, 1.165) is 24.1 Å². The number of halogens is 5. The van der Waals surface area contributed by atoms with Crippen molar-refractivity contribution in [2.75, 3.05) is 6.54 Å². The minimum Gasteiger partial charge on any atom is -0.428 e. The molecule has 7 heteroatoms. The number of hydrogen-bond acceptors (Lipinski definition) is 2. The number of ether oxygens (including phenoxy) is 1. The smallest absolute Gasteiger partial charge is 0.428 e. The summed E-state index contributed by atoms with van der Waals surface area (Å²) in [5, 5.41) is 3.90. The van der Waals surface area contributed by atoms with Crippen LogP contribution in [-0.4, -0.2) is 19.1 Å². The van der Waals surface area contributed by atoms with Gasteiger partial charge >= 0.3 is 12.5 Å². The lowest BCUT2D eigenvalue weighted by molar-refractivity contribution is -0.253. The summed E-state index contributed by atoms with van der Waals surface area (Å²) >= 11 is 5.81. The summed E-state index contributed by atoms with van der Waals surface area (Å²) in [7, 11) is 0. The van der Waals surface area contributed by atoms with Crippen LogP contribution in [0.4, 0.5) is 17.6 Å². The SMILES string of the molecule is FC(F)C(F)(F)Oc1ccc(CNCCc2ccc(Cl)cc2)cc1. The van der Waals surface area contributed by atoms with Crippen molar-refractivity contribution < 1.29 is 22.3 Å². The average Bonchev–Trinajstić information content (AvgIpc) is 2.54. The lowest BCUT2D eigenvalue weighted by atomic mass is 10.1. The van der Waals surface area contributed by atoms with Gasteiger partial charge in [0.05, 0.1) is 0 Å². The predicted octanol–water partition coefficient (Wildman–Crippen LogP) is 4.91. The van der Waals surface area contributed by atoms with Crippen LogP contribution in [0.1, 0.15) is 11.1 Å². The Morgan fingerprint density at radius 1 is 0.958 bits per heavy atom. The fourth-order valence-electron chi connectivity index (χ4n) is 1.99. The van der Waals surface area contributed by atoms with Crippen molar-refractivity contribution in [3.8, 4) is 5.75 Å². The molecule has 0 amide bonds. The van der Waals surface area contributed by atoms with Gasteiger partial charge in [-0.3, -0.25) is 0 Å². The van der Waals surface area contributed by atoms with Crippen LogP contribution in [0.15, 0.2) is 48.5 Å². The fourth-order valence-corrected chi connectivity index (χ4v) is 2.12. The summed E-state index contributed by atoms with van der Waals surface area (Å²) in [4.78, 5) is 0. The van der Waals surface area contributed by atoms with Crippen LogP contribution in [-0.2, 0) is 13.0 Å². The highest BCUT2D eigenvalue weighted by Crippen LogP contribution is 2.27. The van der Waals surface area contributed by atoms with E-state index in [1.165, 1.54) is 12.1 Å². The van der Waals surface area contributed by atoms with Crippen LogP contribution in [0.3, 0.4) is 0 Å². The van der Waals surface area contributed by atoms with Gasteiger partial charge in [-0.1, -0.05) is 35.9 Å². The lowest BCUT2D eigenvalue weighted by Crippen LogP contribution is -2.33. The second-order valence-corrected chi connectivity index (χ2v) is 5.60. The van der Waals surface area contributed by atoms with Gasteiger partial charge < -0.3 is 10.1 Å². The van der Waals surface area contributed by atoms with Crippen LogP contribution in [0.25, 0.3) is 0 Å². The average molecular weight is 362 g/mol. The molecule has 2 rings (SSSR count). The minimum absolute atomic E-state index is 0.301. The molecule has 2 aromatic carbocycles. The lowest BCUT2D eigenvalue weighted by Gasteiger charge is -2.16. The standard InChI is InChI=1S/C17H16ClF4NO/c18-14-5-1-12(2-6-14)9-10-23-11-13-3-7-15(8-4-13)24-17(21,22)16(19)20/h1-8,16,23H,9-11H2. The highest BCUT2D eigenvalue weighted by molar-refractivity contribution is 6.30. The molecular formula is C17H16ClF4NO. The Morgan fingerprint density at radius 2 is 1.54 bits per heavy atom. The van der Waals surface area contributed by atoms with Crippen molar-refractivity contribution in [1.29, 1.82) is 0 Å². The third-order valence-corrected chi connectivity index (χ3v) is 3.52. The maximum Gasteiger partial charge on any atom is 0.461 e. The summed E-state index contributed by atoms with van der Waals surface area (Å²) in [6, 6.07) is 13.1. The number of alkyl halides is 4. The van der Waals surface area contributed by atoms with Crippen molar-refractivity contribution in [1.82, 2.24) is 5.32 Å². The highest BCUT2D eigenvalue weighted by Gasteiger charge is 2.43. The molecule has 1 N–H and O–H groups in total. The van der Waals surface area contributed by atoms with E-state index in [-0.39, 0.29) is 5.75 Å². The van der Waals surface area contributed by atoms with E-state index in [9.17, 15) is 17.6 Å². The Labute approximate surface area is 142 Å². The molecule has 0 fully saturated rings. The summed E-state index contributed by atoms with van der Waals surface area (Å²) < 4.78 is 53.7. The molecule has 0 unspecified atom stereocenters. The first kappa shape index (κ1) is 18.5. The first-order valence-electron chi connectivity index (χ1n) is 7.26. The van der Waals surface area contributed by atoms with Crippen molar-refractivity contribution in [2.45, 2.75) is 25.5 Å². The Kier molecular flexibility index (Phi) is 6.45. The van der Waals surface area contributed by atoms with E-state index >= 15 is 0 Å². The molecule has 24 heavy (non-hydrogen) atoms. The molecule has 2 aromatic rings. The molecule has 0 aliphatic heterocycles. The second-order valence-electron chi connectivity index (χ2n) is 5.16. The van der Waals surface area contributed by atoms with Gasteiger partial charge in [-0.05, 0) is 48.4 Å². The van der Waals surface area contributed by atoms with Crippen molar-refractivity contribution in [3.05, 3.63) is 64.7 Å². The van der Waals surface area contributed by atoms with E-state index < -0.39 is 12.5 Å². The molecule has 0 atom stereocenters. The van der Waals surface area contributed by atoms with Gasteiger partial charge in [0.2, 0.25) is 0 Å². The van der Waals surface area contributed by atoms with Gasteiger partial charge in [0.1, 0.15) is 5.75 Å². The van der Waals surface area contributed by atoms with E-state index in [1.807, 2.05) is 24.3 Å². The fraction of sp³-hybridized carbons (Fsp3) is 0.294. The zero-order chi connectivity index (χ0) is 17.6.